The predicted molar refractivity (Wildman–Crippen MR) is 122 cm³/mol. The fourth-order valence-corrected chi connectivity index (χ4v) is 4.79. The van der Waals surface area contributed by atoms with Crippen molar-refractivity contribution >= 4 is 17.5 Å². The van der Waals surface area contributed by atoms with Crippen LogP contribution in [0.25, 0.3) is 5.57 Å². The van der Waals surface area contributed by atoms with Crippen molar-refractivity contribution in [2.45, 2.75) is 39.5 Å². The van der Waals surface area contributed by atoms with Crippen molar-refractivity contribution in [3.05, 3.63) is 64.4 Å². The van der Waals surface area contributed by atoms with Crippen LogP contribution in [0, 0.1) is 18.8 Å². The van der Waals surface area contributed by atoms with Crippen LogP contribution < -0.4 is 0 Å². The molecule has 1 fully saturated rings. The van der Waals surface area contributed by atoms with Crippen molar-refractivity contribution in [1.82, 2.24) is 4.90 Å². The van der Waals surface area contributed by atoms with Gasteiger partial charge < -0.3 is 14.4 Å². The highest BCUT2D eigenvalue weighted by atomic mass is 19.3. The molecule has 2 aliphatic rings. The van der Waals surface area contributed by atoms with Gasteiger partial charge in [-0.3, -0.25) is 0 Å². The first-order chi connectivity index (χ1) is 15.6. The number of hydrogen-bond donors (Lipinski definition) is 0. The molecule has 7 heteroatoms. The number of alkyl halides is 2. The van der Waals surface area contributed by atoms with Gasteiger partial charge in [-0.15, -0.1) is 0 Å². The van der Waals surface area contributed by atoms with Crippen molar-refractivity contribution in [3.63, 3.8) is 0 Å². The summed E-state index contributed by atoms with van der Waals surface area (Å²) in [6.45, 7) is 7.01. The molecule has 2 unspecified atom stereocenters. The lowest BCUT2D eigenvalue weighted by molar-refractivity contribution is -0.171. The van der Waals surface area contributed by atoms with E-state index >= 15 is 0 Å². The molecule has 0 bridgehead atoms. The summed E-state index contributed by atoms with van der Waals surface area (Å²) in [5, 5.41) is 0. The maximum Gasteiger partial charge on any atom is 0.376 e. The topological polar surface area (TPSA) is 55.8 Å². The molecule has 1 aromatic rings. The first kappa shape index (κ1) is 24.7. The highest BCUT2D eigenvalue weighted by Gasteiger charge is 2.44. The molecule has 1 saturated heterocycles. The summed E-state index contributed by atoms with van der Waals surface area (Å²) in [6.07, 6.45) is 3.92. The molecule has 0 spiro atoms. The zero-order valence-electron chi connectivity index (χ0n) is 19.8. The number of carbonyl (C=O) groups is 2. The summed E-state index contributed by atoms with van der Waals surface area (Å²) in [7, 11) is 2.34. The Kier molecular flexibility index (Phi) is 7.40. The third kappa shape index (κ3) is 5.18. The van der Waals surface area contributed by atoms with Gasteiger partial charge in [0.1, 0.15) is 0 Å². The van der Waals surface area contributed by atoms with Crippen LogP contribution in [-0.2, 0) is 19.1 Å². The second-order valence-electron chi connectivity index (χ2n) is 8.81. The number of nitrogens with zero attached hydrogens (tertiary/aromatic N) is 1. The summed E-state index contributed by atoms with van der Waals surface area (Å²) >= 11 is 0. The number of allylic oxidation sites excluding steroid dienone is 4. The molecule has 0 radical (unpaired) electrons. The largest absolute Gasteiger partial charge is 0.465 e. The van der Waals surface area contributed by atoms with Gasteiger partial charge in [-0.2, -0.15) is 8.78 Å². The minimum atomic E-state index is -3.49. The lowest BCUT2D eigenvalue weighted by Gasteiger charge is -2.33. The summed E-state index contributed by atoms with van der Waals surface area (Å²) in [6, 6.07) is 7.71. The van der Waals surface area contributed by atoms with Gasteiger partial charge in [0.2, 0.25) is 0 Å². The van der Waals surface area contributed by atoms with E-state index in [2.05, 4.69) is 9.64 Å². The lowest BCUT2D eigenvalue weighted by Crippen LogP contribution is -2.34. The van der Waals surface area contributed by atoms with E-state index in [4.69, 9.17) is 4.74 Å². The van der Waals surface area contributed by atoms with E-state index < -0.39 is 24.3 Å². The second-order valence-corrected chi connectivity index (χ2v) is 8.81. The third-order valence-electron chi connectivity index (χ3n) is 6.47. The molecule has 0 saturated carbocycles. The van der Waals surface area contributed by atoms with Gasteiger partial charge in [0, 0.05) is 31.1 Å². The van der Waals surface area contributed by atoms with E-state index in [0.29, 0.717) is 25.1 Å². The van der Waals surface area contributed by atoms with Gasteiger partial charge in [0.05, 0.1) is 19.8 Å². The molecular weight excluding hydrogens is 428 g/mol. The number of carbonyl (C=O) groups excluding carboxylic acids is 2. The van der Waals surface area contributed by atoms with E-state index in [1.165, 1.54) is 7.11 Å². The molecule has 5 nitrogen and oxygen atoms in total. The Morgan fingerprint density at radius 3 is 2.36 bits per heavy atom. The summed E-state index contributed by atoms with van der Waals surface area (Å²) in [5.74, 6) is -5.86. The molecule has 0 amide bonds. The van der Waals surface area contributed by atoms with Gasteiger partial charge in [0.15, 0.2) is 0 Å². The van der Waals surface area contributed by atoms with E-state index in [1.54, 1.807) is 0 Å². The Morgan fingerprint density at radius 2 is 1.76 bits per heavy atom. The van der Waals surface area contributed by atoms with Crippen LogP contribution in [-0.4, -0.2) is 50.1 Å². The smallest absolute Gasteiger partial charge is 0.376 e. The SMILES string of the molecule is COC(=O)/C(=C1/C=CC(C)=C(N2CCC(CC(F)(F)C(=O)OC)C2)C1C)c1ccc(C)cc1. The number of likely N-dealkylation sites (tertiary alicyclic amines) is 1. The molecule has 1 heterocycles. The molecule has 3 rings (SSSR count). The number of esters is 2. The zero-order chi connectivity index (χ0) is 24.3. The molecule has 1 aromatic carbocycles. The van der Waals surface area contributed by atoms with Gasteiger partial charge in [-0.05, 0) is 42.9 Å². The Balaban J connectivity index is 1.90. The van der Waals surface area contributed by atoms with Crippen molar-refractivity contribution < 1.29 is 27.8 Å². The van der Waals surface area contributed by atoms with E-state index in [0.717, 1.165) is 35.1 Å². The maximum absolute atomic E-state index is 14.1. The maximum atomic E-state index is 14.1. The molecule has 2 atom stereocenters. The standard InChI is InChI=1S/C26H31F2NO4/c1-16-6-9-20(10-7-16)22(24(30)32-4)21-11-8-17(2)23(18(21)3)29-13-12-19(15-29)14-26(27,28)25(31)33-5/h6-11,18-19H,12-15H2,1-5H3/b22-21-. The number of methoxy groups -OCH3 is 2. The number of hydrogen-bond acceptors (Lipinski definition) is 5. The lowest BCUT2D eigenvalue weighted by atomic mass is 9.83. The number of ether oxygens (including phenoxy) is 2. The van der Waals surface area contributed by atoms with E-state index in [1.807, 2.05) is 57.2 Å². The quantitative estimate of drug-likeness (QED) is 0.446. The van der Waals surface area contributed by atoms with Crippen LogP contribution in [0.5, 0.6) is 0 Å². The Morgan fingerprint density at radius 1 is 1.09 bits per heavy atom. The predicted octanol–water partition coefficient (Wildman–Crippen LogP) is 4.92. The summed E-state index contributed by atoms with van der Waals surface area (Å²) in [4.78, 5) is 26.3. The van der Waals surface area contributed by atoms with Crippen LogP contribution >= 0.6 is 0 Å². The first-order valence-corrected chi connectivity index (χ1v) is 11.1. The van der Waals surface area contributed by atoms with Crippen molar-refractivity contribution in [2.75, 3.05) is 27.3 Å². The van der Waals surface area contributed by atoms with E-state index in [9.17, 15) is 18.4 Å². The molecule has 33 heavy (non-hydrogen) atoms. The van der Waals surface area contributed by atoms with Crippen LogP contribution in [0.3, 0.4) is 0 Å². The van der Waals surface area contributed by atoms with Gasteiger partial charge >= 0.3 is 17.9 Å². The Bertz CT molecular complexity index is 1010. The normalized spacial score (nSPS) is 22.5. The average molecular weight is 460 g/mol. The Labute approximate surface area is 193 Å². The molecule has 1 aliphatic heterocycles. The van der Waals surface area contributed by atoms with Crippen LogP contribution in [0.4, 0.5) is 8.78 Å². The van der Waals surface area contributed by atoms with Crippen LogP contribution in [0.2, 0.25) is 0 Å². The highest BCUT2D eigenvalue weighted by molar-refractivity contribution is 6.18. The fraction of sp³-hybridized carbons (Fsp3) is 0.462. The van der Waals surface area contributed by atoms with Crippen molar-refractivity contribution in [3.8, 4) is 0 Å². The van der Waals surface area contributed by atoms with Crippen LogP contribution in [0.1, 0.15) is 37.8 Å². The van der Waals surface area contributed by atoms with Gasteiger partial charge in [0.25, 0.3) is 0 Å². The number of benzene rings is 1. The fourth-order valence-electron chi connectivity index (χ4n) is 4.79. The Hall–Kier alpha value is -2.96. The highest BCUT2D eigenvalue weighted by Crippen LogP contribution is 2.40. The molecular formula is C26H31F2NO4. The van der Waals surface area contributed by atoms with Crippen molar-refractivity contribution in [1.29, 1.82) is 0 Å². The number of rotatable bonds is 6. The second kappa shape index (κ2) is 9.89. The molecule has 178 valence electrons. The van der Waals surface area contributed by atoms with Crippen LogP contribution in [0.15, 0.2) is 53.3 Å². The monoisotopic (exact) mass is 459 g/mol. The van der Waals surface area contributed by atoms with Crippen molar-refractivity contribution in [2.24, 2.45) is 11.8 Å². The van der Waals surface area contributed by atoms with Gasteiger partial charge in [-0.25, -0.2) is 9.59 Å². The number of aryl methyl sites for hydroxylation is 1. The minimum absolute atomic E-state index is 0.134. The minimum Gasteiger partial charge on any atom is -0.465 e. The summed E-state index contributed by atoms with van der Waals surface area (Å²) in [5.41, 5.74) is 5.22. The molecule has 0 N–H and O–H groups in total. The molecule has 0 aromatic heterocycles. The number of halogens is 2. The average Bonchev–Trinajstić information content (AvgIpc) is 3.22. The third-order valence-corrected chi connectivity index (χ3v) is 6.47. The zero-order valence-corrected chi connectivity index (χ0v) is 19.8. The first-order valence-electron chi connectivity index (χ1n) is 11.1. The van der Waals surface area contributed by atoms with Gasteiger partial charge in [-0.1, -0.05) is 48.9 Å². The van der Waals surface area contributed by atoms with E-state index in [-0.39, 0.29) is 11.8 Å². The summed E-state index contributed by atoms with van der Waals surface area (Å²) < 4.78 is 37.6. The molecule has 1 aliphatic carbocycles.